The minimum Gasteiger partial charge on any atom is -0.726 e. The van der Waals surface area contributed by atoms with Crippen molar-refractivity contribution in [2.75, 3.05) is 41.4 Å². The summed E-state index contributed by atoms with van der Waals surface area (Å²) in [6.07, 6.45) is 4.86. The molecule has 0 amide bonds. The van der Waals surface area contributed by atoms with Crippen LogP contribution >= 0.6 is 0 Å². The van der Waals surface area contributed by atoms with E-state index < -0.39 is 10.4 Å². The van der Waals surface area contributed by atoms with E-state index in [1.54, 1.807) is 6.26 Å². The monoisotopic (exact) mass is 269 g/mol. The lowest BCUT2D eigenvalue weighted by Crippen LogP contribution is -2.37. The second-order valence-electron chi connectivity index (χ2n) is 4.24. The summed E-state index contributed by atoms with van der Waals surface area (Å²) in [7, 11) is 2.87. The molecule has 0 bridgehead atoms. The zero-order valence-electron chi connectivity index (χ0n) is 11.2. The number of rotatable bonds is 6. The third-order valence-electron chi connectivity index (χ3n) is 1.51. The first-order valence-corrected chi connectivity index (χ1v) is 6.54. The molecule has 0 aliphatic carbocycles. The van der Waals surface area contributed by atoms with Gasteiger partial charge < -0.3 is 13.8 Å². The zero-order valence-corrected chi connectivity index (χ0v) is 12.0. The van der Waals surface area contributed by atoms with Crippen molar-refractivity contribution in [3.63, 3.8) is 0 Å². The SMILES string of the molecule is CCC=COCC[N+](C)(C)C.COS(=O)(=O)[O-]. The second kappa shape index (κ2) is 9.41. The normalized spacial score (nSPS) is 12.1. The van der Waals surface area contributed by atoms with Gasteiger partial charge in [-0.05, 0) is 6.42 Å². The van der Waals surface area contributed by atoms with E-state index in [1.807, 2.05) is 6.08 Å². The molecule has 0 N–H and O–H groups in total. The molecule has 0 aromatic heterocycles. The molecule has 0 rings (SSSR count). The van der Waals surface area contributed by atoms with E-state index in [2.05, 4.69) is 32.2 Å². The van der Waals surface area contributed by atoms with Crippen molar-refractivity contribution in [2.45, 2.75) is 13.3 Å². The van der Waals surface area contributed by atoms with Crippen LogP contribution in [0.15, 0.2) is 12.3 Å². The maximum absolute atomic E-state index is 9.22. The van der Waals surface area contributed by atoms with Crippen LogP contribution in [0.2, 0.25) is 0 Å². The van der Waals surface area contributed by atoms with Crippen LogP contribution in [-0.4, -0.2) is 58.9 Å². The molecule has 0 heterocycles. The van der Waals surface area contributed by atoms with Crippen LogP contribution in [0.5, 0.6) is 0 Å². The van der Waals surface area contributed by atoms with Crippen molar-refractivity contribution in [2.24, 2.45) is 0 Å². The van der Waals surface area contributed by atoms with Crippen LogP contribution in [0, 0.1) is 0 Å². The van der Waals surface area contributed by atoms with Gasteiger partial charge >= 0.3 is 0 Å². The minimum atomic E-state index is -4.41. The largest absolute Gasteiger partial charge is 0.726 e. The lowest BCUT2D eigenvalue weighted by atomic mass is 10.5. The Morgan fingerprint density at radius 3 is 2.06 bits per heavy atom. The quantitative estimate of drug-likeness (QED) is 0.233. The molecule has 0 radical (unpaired) electrons. The van der Waals surface area contributed by atoms with E-state index in [9.17, 15) is 13.0 Å². The average molecular weight is 269 g/mol. The number of quaternary nitrogens is 1. The molecule has 104 valence electrons. The van der Waals surface area contributed by atoms with Gasteiger partial charge in [0.05, 0.1) is 34.5 Å². The van der Waals surface area contributed by atoms with E-state index in [1.165, 1.54) is 0 Å². The molecule has 17 heavy (non-hydrogen) atoms. The second-order valence-corrected chi connectivity index (χ2v) is 5.39. The van der Waals surface area contributed by atoms with Crippen LogP contribution in [0.3, 0.4) is 0 Å². The summed E-state index contributed by atoms with van der Waals surface area (Å²) < 4.78 is 37.2. The molecule has 0 aromatic rings. The predicted molar refractivity (Wildman–Crippen MR) is 65.0 cm³/mol. The first kappa shape index (κ1) is 18.7. The molecule has 0 saturated heterocycles. The van der Waals surface area contributed by atoms with E-state index in [0.29, 0.717) is 0 Å². The first-order valence-electron chi connectivity index (χ1n) is 5.21. The summed E-state index contributed by atoms with van der Waals surface area (Å²) in [5.74, 6) is 0. The Kier molecular flexibility index (Phi) is 10.4. The number of likely N-dealkylation sites (N-methyl/N-ethyl adjacent to an activating group) is 1. The lowest BCUT2D eigenvalue weighted by Gasteiger charge is -2.23. The zero-order chi connectivity index (χ0) is 13.9. The summed E-state index contributed by atoms with van der Waals surface area (Å²) >= 11 is 0. The maximum atomic E-state index is 9.22. The third kappa shape index (κ3) is 25.5. The van der Waals surface area contributed by atoms with Crippen LogP contribution in [-0.2, 0) is 19.3 Å². The van der Waals surface area contributed by atoms with Gasteiger partial charge in [0, 0.05) is 0 Å². The van der Waals surface area contributed by atoms with Crippen molar-refractivity contribution in [1.29, 1.82) is 0 Å². The van der Waals surface area contributed by atoms with Gasteiger partial charge in [-0.25, -0.2) is 8.42 Å². The van der Waals surface area contributed by atoms with Crippen molar-refractivity contribution >= 4 is 10.4 Å². The molecule has 0 fully saturated rings. The molecule has 7 heteroatoms. The highest BCUT2D eigenvalue weighted by Crippen LogP contribution is 1.90. The fraction of sp³-hybridized carbons (Fsp3) is 0.800. The van der Waals surface area contributed by atoms with Crippen LogP contribution in [0.25, 0.3) is 0 Å². The topological polar surface area (TPSA) is 75.7 Å². The Bertz CT molecular complexity index is 292. The van der Waals surface area contributed by atoms with Gasteiger partial charge in [-0.1, -0.05) is 13.0 Å². The smallest absolute Gasteiger partial charge is 0.217 e. The fourth-order valence-electron chi connectivity index (χ4n) is 0.559. The van der Waals surface area contributed by atoms with Crippen LogP contribution in [0.4, 0.5) is 0 Å². The van der Waals surface area contributed by atoms with Gasteiger partial charge in [-0.2, -0.15) is 0 Å². The van der Waals surface area contributed by atoms with Gasteiger partial charge in [-0.15, -0.1) is 0 Å². The van der Waals surface area contributed by atoms with Crippen molar-refractivity contribution in [3.8, 4) is 0 Å². The maximum Gasteiger partial charge on any atom is 0.217 e. The Morgan fingerprint density at radius 1 is 1.29 bits per heavy atom. The van der Waals surface area contributed by atoms with Gasteiger partial charge in [0.25, 0.3) is 0 Å². The number of nitrogens with zero attached hydrogens (tertiary/aromatic N) is 1. The summed E-state index contributed by atoms with van der Waals surface area (Å²) in [4.78, 5) is 0. The highest BCUT2D eigenvalue weighted by Gasteiger charge is 2.04. The number of hydrogen-bond donors (Lipinski definition) is 0. The van der Waals surface area contributed by atoms with Crippen molar-refractivity contribution in [3.05, 3.63) is 12.3 Å². The summed E-state index contributed by atoms with van der Waals surface area (Å²) in [6, 6.07) is 0. The van der Waals surface area contributed by atoms with Gasteiger partial charge in [-0.3, -0.25) is 4.18 Å². The molecule has 0 aliphatic rings. The molecular formula is C10H23NO5S. The highest BCUT2D eigenvalue weighted by molar-refractivity contribution is 7.80. The molecular weight excluding hydrogens is 246 g/mol. The minimum absolute atomic E-state index is 0.806. The summed E-state index contributed by atoms with van der Waals surface area (Å²) in [5, 5.41) is 0. The standard InChI is InChI=1S/C9H20NO.CH4O4S/c1-5-6-8-11-9-7-10(2,3)4;1-5-6(2,3)4/h6,8H,5,7,9H2,1-4H3;1H3,(H,2,3,4)/q+1;/p-1. The number of hydrogen-bond acceptors (Lipinski definition) is 5. The van der Waals surface area contributed by atoms with Crippen LogP contribution < -0.4 is 0 Å². The lowest BCUT2D eigenvalue weighted by molar-refractivity contribution is -0.870. The highest BCUT2D eigenvalue weighted by atomic mass is 32.3. The van der Waals surface area contributed by atoms with Gasteiger partial charge in [0.1, 0.15) is 13.2 Å². The van der Waals surface area contributed by atoms with Crippen molar-refractivity contribution in [1.82, 2.24) is 0 Å². The molecule has 0 spiro atoms. The molecule has 0 atom stereocenters. The molecule has 0 aliphatic heterocycles. The fourth-order valence-corrected chi connectivity index (χ4v) is 0.559. The number of ether oxygens (including phenoxy) is 1. The predicted octanol–water partition coefficient (Wildman–Crippen LogP) is 0.726. The Balaban J connectivity index is 0. The molecule has 0 saturated carbocycles. The van der Waals surface area contributed by atoms with Crippen molar-refractivity contribution < 1.29 is 26.4 Å². The first-order chi connectivity index (χ1) is 7.62. The van der Waals surface area contributed by atoms with E-state index >= 15 is 0 Å². The van der Waals surface area contributed by atoms with Crippen LogP contribution in [0.1, 0.15) is 13.3 Å². The molecule has 0 unspecified atom stereocenters. The Morgan fingerprint density at radius 2 is 1.76 bits per heavy atom. The van der Waals surface area contributed by atoms with E-state index in [-0.39, 0.29) is 0 Å². The summed E-state index contributed by atoms with van der Waals surface area (Å²) in [5.41, 5.74) is 0. The van der Waals surface area contributed by atoms with Gasteiger partial charge in [0.2, 0.25) is 10.4 Å². The third-order valence-corrected chi connectivity index (χ3v) is 1.92. The average Bonchev–Trinajstić information content (AvgIpc) is 2.16. The van der Waals surface area contributed by atoms with E-state index in [0.717, 1.165) is 31.2 Å². The summed E-state index contributed by atoms with van der Waals surface area (Å²) in [6.45, 7) is 3.95. The number of allylic oxidation sites excluding steroid dienone is 1. The Labute approximate surface area is 104 Å². The molecule has 0 aromatic carbocycles. The molecule has 6 nitrogen and oxygen atoms in total. The van der Waals surface area contributed by atoms with Gasteiger partial charge in [0.15, 0.2) is 0 Å². The Hall–Kier alpha value is -0.630. The van der Waals surface area contributed by atoms with E-state index in [4.69, 9.17) is 4.74 Å².